The Morgan fingerprint density at radius 3 is 2.64 bits per heavy atom. The second-order valence-corrected chi connectivity index (χ2v) is 4.28. The lowest BCUT2D eigenvalue weighted by Gasteiger charge is -2.07. The number of hydrogen-bond acceptors (Lipinski definition) is 2. The van der Waals surface area contributed by atoms with Gasteiger partial charge < -0.3 is 4.74 Å². The van der Waals surface area contributed by atoms with Gasteiger partial charge in [0, 0.05) is 10.0 Å². The molecule has 0 aliphatic carbocycles. The number of allylic oxidation sites excluding steroid dienone is 1. The first-order valence-corrected chi connectivity index (χ1v) is 5.42. The minimum atomic E-state index is 0.714. The van der Waals surface area contributed by atoms with E-state index in [0.29, 0.717) is 5.75 Å². The number of carbonyl (C=O) groups is 1. The summed E-state index contributed by atoms with van der Waals surface area (Å²) in [5, 5.41) is 0. The maximum absolute atomic E-state index is 10.2. The maximum atomic E-state index is 10.2. The molecule has 0 heterocycles. The van der Waals surface area contributed by atoms with Gasteiger partial charge in [-0.3, -0.25) is 4.79 Å². The summed E-state index contributed by atoms with van der Waals surface area (Å²) < 4.78 is 6.97. The van der Waals surface area contributed by atoms with Crippen molar-refractivity contribution in [1.82, 2.24) is 0 Å². The molecule has 14 heavy (non-hydrogen) atoms. The molecule has 0 spiro atoms. The highest BCUT2D eigenvalue weighted by molar-refractivity contribution is 9.11. The third-order valence-electron chi connectivity index (χ3n) is 1.60. The molecule has 74 valence electrons. The fourth-order valence-corrected chi connectivity index (χ4v) is 2.48. The first kappa shape index (κ1) is 11.5. The lowest BCUT2D eigenvalue weighted by atomic mass is 10.2. The fourth-order valence-electron chi connectivity index (χ4n) is 1.06. The molecule has 1 aromatic carbocycles. The minimum Gasteiger partial charge on any atom is -0.495 e. The summed E-state index contributed by atoms with van der Waals surface area (Å²) in [6.45, 7) is 0. The summed E-state index contributed by atoms with van der Waals surface area (Å²) >= 11 is 6.73. The van der Waals surface area contributed by atoms with E-state index in [0.717, 1.165) is 20.8 Å². The van der Waals surface area contributed by atoms with E-state index in [1.807, 2.05) is 12.1 Å². The van der Waals surface area contributed by atoms with Gasteiger partial charge in [0.15, 0.2) is 0 Å². The van der Waals surface area contributed by atoms with Gasteiger partial charge >= 0.3 is 0 Å². The van der Waals surface area contributed by atoms with E-state index in [9.17, 15) is 4.79 Å². The largest absolute Gasteiger partial charge is 0.495 e. The second kappa shape index (κ2) is 5.32. The first-order chi connectivity index (χ1) is 6.69. The van der Waals surface area contributed by atoms with Gasteiger partial charge in [-0.15, -0.1) is 0 Å². The zero-order valence-corrected chi connectivity index (χ0v) is 10.6. The molecule has 4 heteroatoms. The van der Waals surface area contributed by atoms with Crippen molar-refractivity contribution in [2.45, 2.75) is 0 Å². The lowest BCUT2D eigenvalue weighted by molar-refractivity contribution is -0.104. The van der Waals surface area contributed by atoms with Gasteiger partial charge in [0.2, 0.25) is 0 Å². The van der Waals surface area contributed by atoms with Gasteiger partial charge in [0.1, 0.15) is 12.0 Å². The molecule has 0 aliphatic rings. The molecule has 1 rings (SSSR count). The number of hydrogen-bond donors (Lipinski definition) is 0. The van der Waals surface area contributed by atoms with Crippen molar-refractivity contribution in [3.8, 4) is 5.75 Å². The standard InChI is InChI=1S/C10H8Br2O2/c1-14-10-7(3-2-4-13)5-8(11)6-9(10)12/h2-6H,1H3. The van der Waals surface area contributed by atoms with Crippen LogP contribution in [0.1, 0.15) is 5.56 Å². The number of ether oxygens (including phenoxy) is 1. The highest BCUT2D eigenvalue weighted by Gasteiger charge is 2.06. The van der Waals surface area contributed by atoms with Crippen molar-refractivity contribution < 1.29 is 9.53 Å². The molecule has 0 bridgehead atoms. The van der Waals surface area contributed by atoms with Gasteiger partial charge in [-0.25, -0.2) is 0 Å². The van der Waals surface area contributed by atoms with E-state index in [1.165, 1.54) is 6.08 Å². The highest BCUT2D eigenvalue weighted by Crippen LogP contribution is 2.33. The Hall–Kier alpha value is -0.610. The quantitative estimate of drug-likeness (QED) is 0.630. The van der Waals surface area contributed by atoms with E-state index in [4.69, 9.17) is 4.74 Å². The zero-order chi connectivity index (χ0) is 10.6. The predicted octanol–water partition coefficient (Wildman–Crippen LogP) is 3.43. The summed E-state index contributed by atoms with van der Waals surface area (Å²) in [7, 11) is 1.59. The topological polar surface area (TPSA) is 26.3 Å². The van der Waals surface area contributed by atoms with Crippen LogP contribution >= 0.6 is 31.9 Å². The van der Waals surface area contributed by atoms with Crippen LogP contribution in [0.5, 0.6) is 5.75 Å². The molecule has 0 amide bonds. The zero-order valence-electron chi connectivity index (χ0n) is 7.46. The van der Waals surface area contributed by atoms with Gasteiger partial charge in [0.05, 0.1) is 11.6 Å². The van der Waals surface area contributed by atoms with E-state index >= 15 is 0 Å². The molecule has 0 saturated carbocycles. The molecule has 0 fully saturated rings. The summed E-state index contributed by atoms with van der Waals surface area (Å²) in [6.07, 6.45) is 3.85. The molecular weight excluding hydrogens is 312 g/mol. The second-order valence-electron chi connectivity index (χ2n) is 2.51. The Balaban J connectivity index is 3.24. The van der Waals surface area contributed by atoms with Crippen LogP contribution in [0.3, 0.4) is 0 Å². The maximum Gasteiger partial charge on any atom is 0.142 e. The Morgan fingerprint density at radius 1 is 1.36 bits per heavy atom. The van der Waals surface area contributed by atoms with Crippen LogP contribution in [0.4, 0.5) is 0 Å². The van der Waals surface area contributed by atoms with Crippen molar-refractivity contribution in [3.63, 3.8) is 0 Å². The molecule has 1 aromatic rings. The summed E-state index contributed by atoms with van der Waals surface area (Å²) in [5.41, 5.74) is 0.848. The molecule has 0 radical (unpaired) electrons. The molecule has 0 aromatic heterocycles. The molecule has 2 nitrogen and oxygen atoms in total. The lowest BCUT2D eigenvalue weighted by Crippen LogP contribution is -1.88. The van der Waals surface area contributed by atoms with Crippen molar-refractivity contribution in [2.75, 3.05) is 7.11 Å². The number of carbonyl (C=O) groups excluding carboxylic acids is 1. The Labute approximate surface area is 99.2 Å². The number of benzene rings is 1. The number of rotatable bonds is 3. The smallest absolute Gasteiger partial charge is 0.142 e. The number of aldehydes is 1. The number of halogens is 2. The average Bonchev–Trinajstić information content (AvgIpc) is 2.14. The molecular formula is C10H8Br2O2. The average molecular weight is 320 g/mol. The van der Waals surface area contributed by atoms with E-state index in [2.05, 4.69) is 31.9 Å². The number of methoxy groups -OCH3 is 1. The molecule has 0 saturated heterocycles. The Kier molecular flexibility index (Phi) is 4.35. The van der Waals surface area contributed by atoms with Gasteiger partial charge in [0.25, 0.3) is 0 Å². The van der Waals surface area contributed by atoms with E-state index in [-0.39, 0.29) is 0 Å². The van der Waals surface area contributed by atoms with Gasteiger partial charge in [-0.05, 0) is 40.2 Å². The van der Waals surface area contributed by atoms with Crippen LogP contribution in [-0.4, -0.2) is 13.4 Å². The van der Waals surface area contributed by atoms with Gasteiger partial charge in [-0.2, -0.15) is 0 Å². The summed E-state index contributed by atoms with van der Waals surface area (Å²) in [5.74, 6) is 0.714. The summed E-state index contributed by atoms with van der Waals surface area (Å²) in [4.78, 5) is 10.2. The van der Waals surface area contributed by atoms with Crippen LogP contribution in [0, 0.1) is 0 Å². The third-order valence-corrected chi connectivity index (χ3v) is 2.64. The third kappa shape index (κ3) is 2.69. The Bertz CT molecular complexity index is 373. The minimum absolute atomic E-state index is 0.714. The molecule has 0 N–H and O–H groups in total. The molecule has 0 unspecified atom stereocenters. The van der Waals surface area contributed by atoms with Gasteiger partial charge in [-0.1, -0.05) is 15.9 Å². The van der Waals surface area contributed by atoms with Crippen molar-refractivity contribution >= 4 is 44.2 Å². The van der Waals surface area contributed by atoms with Crippen molar-refractivity contribution in [3.05, 3.63) is 32.7 Å². The van der Waals surface area contributed by atoms with Crippen LogP contribution in [0.25, 0.3) is 6.08 Å². The predicted molar refractivity (Wildman–Crippen MR) is 63.5 cm³/mol. The SMILES string of the molecule is COc1c(Br)cc(Br)cc1C=CC=O. The van der Waals surface area contributed by atoms with E-state index in [1.54, 1.807) is 13.2 Å². The van der Waals surface area contributed by atoms with Crippen LogP contribution in [0.2, 0.25) is 0 Å². The van der Waals surface area contributed by atoms with Crippen LogP contribution in [0.15, 0.2) is 27.2 Å². The van der Waals surface area contributed by atoms with Crippen LogP contribution < -0.4 is 4.74 Å². The Morgan fingerprint density at radius 2 is 2.07 bits per heavy atom. The van der Waals surface area contributed by atoms with Crippen molar-refractivity contribution in [2.24, 2.45) is 0 Å². The van der Waals surface area contributed by atoms with Crippen molar-refractivity contribution in [1.29, 1.82) is 0 Å². The normalized spacial score (nSPS) is 10.5. The highest BCUT2D eigenvalue weighted by atomic mass is 79.9. The molecule has 0 atom stereocenters. The molecule has 0 aliphatic heterocycles. The van der Waals surface area contributed by atoms with Crippen LogP contribution in [-0.2, 0) is 4.79 Å². The van der Waals surface area contributed by atoms with E-state index < -0.39 is 0 Å². The first-order valence-electron chi connectivity index (χ1n) is 3.84. The summed E-state index contributed by atoms with van der Waals surface area (Å²) in [6, 6.07) is 3.76. The monoisotopic (exact) mass is 318 g/mol. The fraction of sp³-hybridized carbons (Fsp3) is 0.100.